The topological polar surface area (TPSA) is 85.1 Å². The lowest BCUT2D eigenvalue weighted by Crippen LogP contribution is -2.37. The molecule has 3 N–H and O–H groups in total. The summed E-state index contributed by atoms with van der Waals surface area (Å²) in [5.41, 5.74) is 5.78. The van der Waals surface area contributed by atoms with Gasteiger partial charge in [-0.05, 0) is 18.6 Å². The maximum atomic E-state index is 11.9. The molecule has 0 spiro atoms. The fraction of sp³-hybridized carbons (Fsp3) is 0.333. The van der Waals surface area contributed by atoms with E-state index < -0.39 is 15.3 Å². The molecule has 0 aliphatic carbocycles. The van der Waals surface area contributed by atoms with Crippen molar-refractivity contribution in [1.82, 2.24) is 4.98 Å². The van der Waals surface area contributed by atoms with Gasteiger partial charge in [0.05, 0.1) is 16.9 Å². The first-order valence-corrected chi connectivity index (χ1v) is 6.63. The summed E-state index contributed by atoms with van der Waals surface area (Å²) in [5, 5.41) is -0.859. The Bertz CT molecular complexity index is 459. The molecule has 0 bridgehead atoms. The Balaban J connectivity index is 2.91. The van der Waals surface area contributed by atoms with Crippen molar-refractivity contribution in [3.63, 3.8) is 0 Å². The van der Waals surface area contributed by atoms with Gasteiger partial charge in [0.1, 0.15) is 5.25 Å². The number of nitrogens with two attached hydrogens (primary N) is 1. The van der Waals surface area contributed by atoms with E-state index in [-0.39, 0.29) is 4.99 Å². The fourth-order valence-electron chi connectivity index (χ4n) is 1.23. The fourth-order valence-corrected chi connectivity index (χ4v) is 3.11. The number of nitrogens with one attached hydrogen (secondary N) is 1. The lowest BCUT2D eigenvalue weighted by molar-refractivity contribution is 0.594. The predicted molar refractivity (Wildman–Crippen MR) is 67.6 cm³/mol. The zero-order chi connectivity index (χ0) is 12.2. The number of rotatable bonds is 5. The predicted octanol–water partition coefficient (Wildman–Crippen LogP) is 0.888. The van der Waals surface area contributed by atoms with E-state index in [4.69, 9.17) is 18.0 Å². The zero-order valence-corrected chi connectivity index (χ0v) is 10.4. The molecule has 0 saturated carbocycles. The van der Waals surface area contributed by atoms with Gasteiger partial charge in [-0.1, -0.05) is 19.1 Å². The average Bonchev–Trinajstić information content (AvgIpc) is 2.18. The Hall–Kier alpha value is -1.21. The van der Waals surface area contributed by atoms with Gasteiger partial charge in [-0.2, -0.15) is 0 Å². The van der Waals surface area contributed by atoms with Crippen LogP contribution in [0.5, 0.6) is 0 Å². The first-order valence-electron chi connectivity index (χ1n) is 4.68. The SMILES string of the molecule is CCC(C(N)=S)S(=O)(=O)Nc1cccnc1. The summed E-state index contributed by atoms with van der Waals surface area (Å²) < 4.78 is 26.1. The first-order chi connectivity index (χ1) is 7.47. The lowest BCUT2D eigenvalue weighted by atomic mass is 10.3. The summed E-state index contributed by atoms with van der Waals surface area (Å²) in [6.45, 7) is 1.71. The number of hydrogen-bond acceptors (Lipinski definition) is 4. The molecule has 1 rings (SSSR count). The van der Waals surface area contributed by atoms with Crippen LogP contribution < -0.4 is 10.5 Å². The maximum absolute atomic E-state index is 11.9. The van der Waals surface area contributed by atoms with Crippen molar-refractivity contribution < 1.29 is 8.42 Å². The van der Waals surface area contributed by atoms with E-state index in [1.165, 1.54) is 6.20 Å². The minimum Gasteiger partial charge on any atom is -0.392 e. The average molecular weight is 259 g/mol. The summed E-state index contributed by atoms with van der Waals surface area (Å²) in [6.07, 6.45) is 3.32. The molecule has 0 aromatic carbocycles. The molecule has 0 radical (unpaired) electrons. The Morgan fingerprint density at radius 1 is 1.69 bits per heavy atom. The minimum absolute atomic E-state index is 0.0288. The Morgan fingerprint density at radius 3 is 2.81 bits per heavy atom. The molecule has 1 aromatic heterocycles. The standard InChI is InChI=1S/C9H13N3O2S2/c1-2-8(9(10)15)16(13,14)12-7-4-3-5-11-6-7/h3-6,8,12H,2H2,1H3,(H2,10,15). The van der Waals surface area contributed by atoms with E-state index in [0.29, 0.717) is 12.1 Å². The molecular weight excluding hydrogens is 246 g/mol. The number of nitrogens with zero attached hydrogens (tertiary/aromatic N) is 1. The smallest absolute Gasteiger partial charge is 0.242 e. The molecule has 5 nitrogen and oxygen atoms in total. The number of thiocarbonyl (C=S) groups is 1. The van der Waals surface area contributed by atoms with Crippen LogP contribution in [0, 0.1) is 0 Å². The molecule has 1 unspecified atom stereocenters. The van der Waals surface area contributed by atoms with Gasteiger partial charge in [0.15, 0.2) is 0 Å². The molecule has 0 aliphatic heterocycles. The molecule has 16 heavy (non-hydrogen) atoms. The van der Waals surface area contributed by atoms with E-state index in [9.17, 15) is 8.42 Å². The Morgan fingerprint density at radius 2 is 2.38 bits per heavy atom. The van der Waals surface area contributed by atoms with Gasteiger partial charge in [0.2, 0.25) is 10.0 Å². The summed E-state index contributed by atoms with van der Waals surface area (Å²) >= 11 is 4.72. The normalized spacial score (nSPS) is 13.1. The highest BCUT2D eigenvalue weighted by Gasteiger charge is 2.26. The molecule has 0 saturated heterocycles. The van der Waals surface area contributed by atoms with Gasteiger partial charge in [-0.25, -0.2) is 8.42 Å². The minimum atomic E-state index is -3.58. The number of anilines is 1. The van der Waals surface area contributed by atoms with Gasteiger partial charge in [0, 0.05) is 6.20 Å². The molecular formula is C9H13N3O2S2. The Kier molecular flexibility index (Phi) is 4.19. The summed E-state index contributed by atoms with van der Waals surface area (Å²) in [6, 6.07) is 3.25. The molecule has 1 aromatic rings. The highest BCUT2D eigenvalue weighted by atomic mass is 32.2. The van der Waals surface area contributed by atoms with E-state index in [2.05, 4.69) is 9.71 Å². The van der Waals surface area contributed by atoms with Crippen LogP contribution >= 0.6 is 12.2 Å². The zero-order valence-electron chi connectivity index (χ0n) is 8.75. The van der Waals surface area contributed by atoms with E-state index in [1.807, 2.05) is 0 Å². The van der Waals surface area contributed by atoms with Crippen LogP contribution in [0.1, 0.15) is 13.3 Å². The second-order valence-electron chi connectivity index (χ2n) is 3.19. The highest BCUT2D eigenvalue weighted by Crippen LogP contribution is 2.12. The van der Waals surface area contributed by atoms with Gasteiger partial charge in [-0.15, -0.1) is 0 Å². The van der Waals surface area contributed by atoms with Crippen molar-refractivity contribution in [2.45, 2.75) is 18.6 Å². The number of pyridine rings is 1. The molecule has 88 valence electrons. The van der Waals surface area contributed by atoms with Gasteiger partial charge in [0.25, 0.3) is 0 Å². The largest absolute Gasteiger partial charge is 0.392 e. The highest BCUT2D eigenvalue weighted by molar-refractivity contribution is 7.95. The van der Waals surface area contributed by atoms with Crippen molar-refractivity contribution in [3.8, 4) is 0 Å². The molecule has 1 atom stereocenters. The van der Waals surface area contributed by atoms with Crippen LogP contribution in [0.15, 0.2) is 24.5 Å². The molecule has 7 heteroatoms. The van der Waals surface area contributed by atoms with Gasteiger partial charge >= 0.3 is 0 Å². The lowest BCUT2D eigenvalue weighted by Gasteiger charge is -2.15. The van der Waals surface area contributed by atoms with Crippen LogP contribution in [0.2, 0.25) is 0 Å². The number of aromatic nitrogens is 1. The molecule has 1 heterocycles. The Labute approximate surface area is 100 Å². The maximum Gasteiger partial charge on any atom is 0.242 e. The third kappa shape index (κ3) is 3.14. The van der Waals surface area contributed by atoms with Gasteiger partial charge < -0.3 is 5.73 Å². The molecule has 0 fully saturated rings. The van der Waals surface area contributed by atoms with Crippen molar-refractivity contribution in [3.05, 3.63) is 24.5 Å². The molecule has 0 amide bonds. The van der Waals surface area contributed by atoms with Crippen molar-refractivity contribution in [2.75, 3.05) is 4.72 Å². The quantitative estimate of drug-likeness (QED) is 0.767. The third-order valence-electron chi connectivity index (χ3n) is 1.98. The first kappa shape index (κ1) is 12.9. The number of hydrogen-bond donors (Lipinski definition) is 2. The van der Waals surface area contributed by atoms with Crippen LogP contribution in [-0.4, -0.2) is 23.6 Å². The summed E-state index contributed by atoms with van der Waals surface area (Å²) in [7, 11) is -3.58. The van der Waals surface area contributed by atoms with Crippen LogP contribution in [0.4, 0.5) is 5.69 Å². The monoisotopic (exact) mass is 259 g/mol. The third-order valence-corrected chi connectivity index (χ3v) is 4.27. The van der Waals surface area contributed by atoms with E-state index >= 15 is 0 Å². The summed E-state index contributed by atoms with van der Waals surface area (Å²) in [5.74, 6) is 0. The van der Waals surface area contributed by atoms with Gasteiger partial charge in [-0.3, -0.25) is 9.71 Å². The second-order valence-corrected chi connectivity index (χ2v) is 5.52. The van der Waals surface area contributed by atoms with Crippen LogP contribution in [-0.2, 0) is 10.0 Å². The van der Waals surface area contributed by atoms with Crippen molar-refractivity contribution in [2.24, 2.45) is 5.73 Å². The van der Waals surface area contributed by atoms with Crippen LogP contribution in [0.3, 0.4) is 0 Å². The second kappa shape index (κ2) is 5.22. The van der Waals surface area contributed by atoms with E-state index in [0.717, 1.165) is 0 Å². The van der Waals surface area contributed by atoms with Crippen molar-refractivity contribution in [1.29, 1.82) is 0 Å². The van der Waals surface area contributed by atoms with E-state index in [1.54, 1.807) is 25.3 Å². The van der Waals surface area contributed by atoms with Crippen molar-refractivity contribution >= 4 is 32.9 Å². The summed E-state index contributed by atoms with van der Waals surface area (Å²) in [4.78, 5) is 3.78. The molecule has 0 aliphatic rings. The van der Waals surface area contributed by atoms with Crippen LogP contribution in [0.25, 0.3) is 0 Å². The number of sulfonamides is 1.